The molecule has 1 atom stereocenters. The largest absolute Gasteiger partial charge is 0.355 e. The van der Waals surface area contributed by atoms with Crippen molar-refractivity contribution >= 4 is 28.1 Å². The van der Waals surface area contributed by atoms with Crippen LogP contribution in [0.1, 0.15) is 46.5 Å². The van der Waals surface area contributed by atoms with E-state index in [0.29, 0.717) is 38.2 Å². The Morgan fingerprint density at radius 3 is 2.56 bits per heavy atom. The fourth-order valence-corrected chi connectivity index (χ4v) is 6.86. The summed E-state index contributed by atoms with van der Waals surface area (Å²) in [5.74, 6) is -0.120. The van der Waals surface area contributed by atoms with Crippen LogP contribution in [0.2, 0.25) is 0 Å². The van der Waals surface area contributed by atoms with Gasteiger partial charge in [0.2, 0.25) is 15.9 Å². The predicted octanol–water partition coefficient (Wildman–Crippen LogP) is 4.45. The smallest absolute Gasteiger partial charge is 0.248 e. The summed E-state index contributed by atoms with van der Waals surface area (Å²) in [5.41, 5.74) is 4.85. The fourth-order valence-electron chi connectivity index (χ4n) is 5.08. The monoisotopic (exact) mass is 505 g/mol. The third-order valence-corrected chi connectivity index (χ3v) is 9.14. The minimum atomic E-state index is -3.88. The van der Waals surface area contributed by atoms with Crippen molar-refractivity contribution in [3.8, 4) is 0 Å². The molecule has 1 amide bonds. The lowest BCUT2D eigenvalue weighted by molar-refractivity contribution is -0.137. The molecule has 7 nitrogen and oxygen atoms in total. The number of sulfonamides is 1. The Morgan fingerprint density at radius 2 is 1.78 bits per heavy atom. The van der Waals surface area contributed by atoms with Gasteiger partial charge in [-0.2, -0.15) is 4.31 Å². The number of aryl methyl sites for hydroxylation is 2. The Kier molecular flexibility index (Phi) is 6.81. The average Bonchev–Trinajstić information content (AvgIpc) is 3.28. The number of hydrogen-bond donors (Lipinski definition) is 0. The summed E-state index contributed by atoms with van der Waals surface area (Å²) in [6.45, 7) is 5.44. The molecular weight excluding hydrogens is 474 g/mol. The van der Waals surface area contributed by atoms with Crippen molar-refractivity contribution in [2.24, 2.45) is 5.92 Å². The highest BCUT2D eigenvalue weighted by Crippen LogP contribution is 2.31. The van der Waals surface area contributed by atoms with Crippen molar-refractivity contribution in [3.05, 3.63) is 82.2 Å². The van der Waals surface area contributed by atoms with Crippen molar-refractivity contribution in [1.82, 2.24) is 14.4 Å². The Balaban J connectivity index is 1.33. The Bertz CT molecular complexity index is 1390. The molecule has 0 spiro atoms. The zero-order valence-electron chi connectivity index (χ0n) is 20.7. The van der Waals surface area contributed by atoms with Gasteiger partial charge in [-0.15, -0.1) is 0 Å². The maximum Gasteiger partial charge on any atom is 0.248 e. The molecule has 0 N–H and O–H groups in total. The van der Waals surface area contributed by atoms with Crippen molar-refractivity contribution in [3.63, 3.8) is 0 Å². The highest BCUT2D eigenvalue weighted by atomic mass is 32.2. The van der Waals surface area contributed by atoms with Crippen LogP contribution in [-0.2, 0) is 27.8 Å². The van der Waals surface area contributed by atoms with Crippen LogP contribution in [0.25, 0.3) is 12.2 Å². The maximum absolute atomic E-state index is 13.7. The molecule has 8 heteroatoms. The molecule has 188 valence electrons. The summed E-state index contributed by atoms with van der Waals surface area (Å²) in [6.07, 6.45) is 5.61. The second kappa shape index (κ2) is 10.0. The van der Waals surface area contributed by atoms with Gasteiger partial charge in [0.25, 0.3) is 0 Å². The van der Waals surface area contributed by atoms with Gasteiger partial charge in [-0.25, -0.2) is 8.42 Å². The zero-order valence-corrected chi connectivity index (χ0v) is 21.5. The van der Waals surface area contributed by atoms with E-state index in [2.05, 4.69) is 17.3 Å². The second-order valence-corrected chi connectivity index (χ2v) is 11.6. The van der Waals surface area contributed by atoms with Crippen molar-refractivity contribution in [2.75, 3.05) is 19.6 Å². The number of carbonyl (C=O) groups is 1. The molecule has 36 heavy (non-hydrogen) atoms. The van der Waals surface area contributed by atoms with Crippen LogP contribution in [0.3, 0.4) is 0 Å². The molecule has 0 aliphatic carbocycles. The first-order chi connectivity index (χ1) is 17.3. The lowest BCUT2D eigenvalue weighted by atomic mass is 9.95. The Labute approximate surface area is 212 Å². The molecule has 2 aliphatic rings. The molecule has 3 aromatic rings. The number of fused-ring (bicyclic) bond motifs is 1. The summed E-state index contributed by atoms with van der Waals surface area (Å²) in [6, 6.07) is 16.1. The number of piperidine rings is 1. The van der Waals surface area contributed by atoms with E-state index in [9.17, 15) is 13.2 Å². The molecule has 3 heterocycles. The zero-order chi connectivity index (χ0) is 25.3. The van der Waals surface area contributed by atoms with Gasteiger partial charge in [0.05, 0.1) is 5.92 Å². The van der Waals surface area contributed by atoms with Gasteiger partial charge in [-0.05, 0) is 55.9 Å². The number of benzene rings is 2. The summed E-state index contributed by atoms with van der Waals surface area (Å²) in [4.78, 5) is 15.4. The van der Waals surface area contributed by atoms with Crippen LogP contribution >= 0.6 is 0 Å². The normalized spacial score (nSPS) is 18.9. The number of aromatic nitrogens is 1. The highest BCUT2D eigenvalue weighted by Gasteiger charge is 2.38. The highest BCUT2D eigenvalue weighted by molar-refractivity contribution is 7.89. The van der Waals surface area contributed by atoms with E-state index in [4.69, 9.17) is 4.52 Å². The topological polar surface area (TPSA) is 83.7 Å². The van der Waals surface area contributed by atoms with Gasteiger partial charge < -0.3 is 9.42 Å². The van der Waals surface area contributed by atoms with Gasteiger partial charge >= 0.3 is 0 Å². The van der Waals surface area contributed by atoms with E-state index in [0.717, 1.165) is 17.5 Å². The quantitative estimate of drug-likeness (QED) is 0.512. The first-order valence-corrected chi connectivity index (χ1v) is 13.8. The van der Waals surface area contributed by atoms with Gasteiger partial charge in [0.15, 0.2) is 10.7 Å². The molecule has 1 aromatic heterocycles. The first kappa shape index (κ1) is 24.5. The molecule has 0 radical (unpaired) electrons. The van der Waals surface area contributed by atoms with E-state index in [1.165, 1.54) is 15.4 Å². The van der Waals surface area contributed by atoms with Gasteiger partial charge in [-0.1, -0.05) is 65.3 Å². The molecule has 5 rings (SSSR count). The third kappa shape index (κ3) is 4.88. The van der Waals surface area contributed by atoms with Crippen LogP contribution in [-0.4, -0.2) is 48.3 Å². The van der Waals surface area contributed by atoms with Crippen molar-refractivity contribution in [2.45, 2.75) is 44.6 Å². The van der Waals surface area contributed by atoms with E-state index >= 15 is 0 Å². The Hall–Kier alpha value is -3.23. The van der Waals surface area contributed by atoms with Gasteiger partial charge in [0.1, 0.15) is 5.69 Å². The molecular formula is C28H31N3O4S. The van der Waals surface area contributed by atoms with Crippen LogP contribution in [0.5, 0.6) is 0 Å². The lowest BCUT2D eigenvalue weighted by Gasteiger charge is -2.36. The van der Waals surface area contributed by atoms with E-state index < -0.39 is 10.0 Å². The molecule has 2 aromatic carbocycles. The van der Waals surface area contributed by atoms with Crippen LogP contribution in [0, 0.1) is 19.8 Å². The van der Waals surface area contributed by atoms with Crippen LogP contribution in [0.4, 0.5) is 0 Å². The van der Waals surface area contributed by atoms with E-state index in [1.807, 2.05) is 54.3 Å². The van der Waals surface area contributed by atoms with Crippen molar-refractivity contribution < 1.29 is 17.7 Å². The molecule has 1 saturated heterocycles. The molecule has 0 saturated carbocycles. The standard InChI is InChI=1S/C28H31N3O4S/c1-20-9-11-22(12-10-20)13-14-26-27(21(2)29-35-26)36(33,34)31-16-5-8-25(19-31)28(32)30-17-15-23-6-3-4-7-24(23)18-30/h3-4,6-7,9-14,25H,5,8,15-19H2,1-2H3/b14-13+. The SMILES string of the molecule is Cc1ccc(/C=C/c2onc(C)c2S(=O)(=O)N2CCCC(C(=O)N3CCc4ccccc4C3)C2)cc1. The van der Waals surface area contributed by atoms with Gasteiger partial charge in [-0.3, -0.25) is 4.79 Å². The predicted molar refractivity (Wildman–Crippen MR) is 138 cm³/mol. The molecule has 0 bridgehead atoms. The van der Waals surface area contributed by atoms with E-state index in [-0.39, 0.29) is 29.0 Å². The van der Waals surface area contributed by atoms with Crippen molar-refractivity contribution in [1.29, 1.82) is 0 Å². The minimum Gasteiger partial charge on any atom is -0.355 e. The number of hydrogen-bond acceptors (Lipinski definition) is 5. The summed E-state index contributed by atoms with van der Waals surface area (Å²) >= 11 is 0. The number of carbonyl (C=O) groups excluding carboxylic acids is 1. The van der Waals surface area contributed by atoms with Gasteiger partial charge in [0, 0.05) is 26.2 Å². The second-order valence-electron chi connectivity index (χ2n) is 9.69. The molecule has 1 fully saturated rings. The summed E-state index contributed by atoms with van der Waals surface area (Å²) in [7, 11) is -3.88. The molecule has 1 unspecified atom stereocenters. The first-order valence-electron chi connectivity index (χ1n) is 12.4. The van der Waals surface area contributed by atoms with E-state index in [1.54, 1.807) is 13.0 Å². The summed E-state index contributed by atoms with van der Waals surface area (Å²) < 4.78 is 34.3. The number of nitrogens with zero attached hydrogens (tertiary/aromatic N) is 3. The van der Waals surface area contributed by atoms with Crippen LogP contribution in [0.15, 0.2) is 57.9 Å². The number of amides is 1. The lowest BCUT2D eigenvalue weighted by Crippen LogP contribution is -2.47. The number of rotatable bonds is 5. The fraction of sp³-hybridized carbons (Fsp3) is 0.357. The Morgan fingerprint density at radius 1 is 1.03 bits per heavy atom. The summed E-state index contributed by atoms with van der Waals surface area (Å²) in [5, 5.41) is 3.95. The molecule has 2 aliphatic heterocycles. The minimum absolute atomic E-state index is 0.0333. The maximum atomic E-state index is 13.7. The third-order valence-electron chi connectivity index (χ3n) is 7.11. The average molecular weight is 506 g/mol. The van der Waals surface area contributed by atoms with Crippen LogP contribution < -0.4 is 0 Å².